The standard InChI is InChI=1S/C88H148NO8P/c1-6-8-10-12-14-16-18-20-22-24-26-28-30-32-34-36-38-40-42-43-44-45-47-48-50-52-54-56-58-60-62-64-66-68-70-72-74-76-78-80-87(90)94-84-86(85-96-98(92,93)95-83-82-89(3,4)5)97-88(91)81-79-77-75-73-71-69-67-65-63-61-59-57-55-53-51-49-46-41-39-37-35-33-31-29-27-25-23-21-19-17-15-13-11-9-7-2/h8-11,14-17,20-23,26-29,32-35,38-41,49,51,55,57,86H,6-7,12-13,18-19,24-25,30-31,36-37,42-48,50,52-54,56,58-85H2,1-5H3/b10-8-,11-9-,16-14-,17-15-,22-20-,23-21-,28-26-,29-27-,34-32-,35-33-,40-38-,41-39-,51-49-,57-55-. The number of ether oxygens (including phenoxy) is 2. The fraction of sp³-hybridized carbons (Fsp3) is 0.659. The predicted molar refractivity (Wildman–Crippen MR) is 424 cm³/mol. The maximum Gasteiger partial charge on any atom is 0.306 e. The molecule has 0 heterocycles. The van der Waals surface area contributed by atoms with Crippen LogP contribution in [0.25, 0.3) is 0 Å². The molecule has 0 saturated heterocycles. The molecule has 0 aromatic rings. The highest BCUT2D eigenvalue weighted by Gasteiger charge is 2.22. The first-order valence-electron chi connectivity index (χ1n) is 39.8. The second-order valence-electron chi connectivity index (χ2n) is 27.3. The van der Waals surface area contributed by atoms with Gasteiger partial charge in [-0.3, -0.25) is 14.2 Å². The van der Waals surface area contributed by atoms with Crippen molar-refractivity contribution >= 4 is 19.8 Å². The molecule has 0 aliphatic carbocycles. The molecule has 0 fully saturated rings. The van der Waals surface area contributed by atoms with Crippen molar-refractivity contribution in [1.29, 1.82) is 0 Å². The number of carbonyl (C=O) groups is 2. The Labute approximate surface area is 604 Å². The second-order valence-corrected chi connectivity index (χ2v) is 28.7. The van der Waals surface area contributed by atoms with E-state index in [1.165, 1.54) is 154 Å². The summed E-state index contributed by atoms with van der Waals surface area (Å²) in [7, 11) is 1.16. The minimum absolute atomic E-state index is 0.0376. The number of esters is 2. The van der Waals surface area contributed by atoms with Crippen LogP contribution in [0.4, 0.5) is 0 Å². The van der Waals surface area contributed by atoms with Crippen molar-refractivity contribution in [1.82, 2.24) is 0 Å². The molecule has 0 rings (SSSR count). The third-order valence-corrected chi connectivity index (χ3v) is 17.7. The van der Waals surface area contributed by atoms with Gasteiger partial charge in [-0.2, -0.15) is 0 Å². The molecule has 0 spiro atoms. The van der Waals surface area contributed by atoms with Crippen LogP contribution in [0.1, 0.15) is 322 Å². The number of unbranched alkanes of at least 4 members (excludes halogenated alkanes) is 30. The third kappa shape index (κ3) is 80.3. The summed E-state index contributed by atoms with van der Waals surface area (Å²) < 4.78 is 34.4. The number of likely N-dealkylation sites (N-methyl/N-ethyl adjacent to an activating group) is 1. The minimum Gasteiger partial charge on any atom is -0.756 e. The highest BCUT2D eigenvalue weighted by atomic mass is 31.2. The summed E-state index contributed by atoms with van der Waals surface area (Å²) >= 11 is 0. The summed E-state index contributed by atoms with van der Waals surface area (Å²) in [6.45, 7) is 4.02. The van der Waals surface area contributed by atoms with E-state index in [0.717, 1.165) is 135 Å². The number of quaternary nitrogens is 1. The van der Waals surface area contributed by atoms with Gasteiger partial charge in [0.05, 0.1) is 27.7 Å². The summed E-state index contributed by atoms with van der Waals surface area (Å²) in [6, 6.07) is 0. The van der Waals surface area contributed by atoms with Crippen molar-refractivity contribution in [3.63, 3.8) is 0 Å². The van der Waals surface area contributed by atoms with Crippen LogP contribution in [0, 0.1) is 0 Å². The van der Waals surface area contributed by atoms with E-state index in [2.05, 4.69) is 184 Å². The molecule has 10 heteroatoms. The molecule has 2 atom stereocenters. The SMILES string of the molecule is CC/C=C\C/C=C\C/C=C\C/C=C\C/C=C\C/C=C\C/C=C\C/C=C\CCCCCCCCCCCCC(=O)OC(COC(=O)CCCCCCCCCCCCCCCCCCCCCC/C=C\C/C=C\C/C=C\C/C=C\C/C=C\C/C=C\CC)COP(=O)([O-])OCC[N+](C)(C)C. The number of hydrogen-bond donors (Lipinski definition) is 0. The van der Waals surface area contributed by atoms with Gasteiger partial charge in [0, 0.05) is 12.8 Å². The van der Waals surface area contributed by atoms with Gasteiger partial charge < -0.3 is 27.9 Å². The molecule has 0 N–H and O–H groups in total. The Kier molecular flexibility index (Phi) is 72.9. The van der Waals surface area contributed by atoms with Crippen LogP contribution in [0.3, 0.4) is 0 Å². The van der Waals surface area contributed by atoms with E-state index in [0.29, 0.717) is 17.4 Å². The fourth-order valence-corrected chi connectivity index (χ4v) is 11.5. The number of allylic oxidation sites excluding steroid dienone is 28. The van der Waals surface area contributed by atoms with Crippen LogP contribution in [-0.4, -0.2) is 70.0 Å². The van der Waals surface area contributed by atoms with E-state index in [1.807, 2.05) is 21.1 Å². The Balaban J connectivity index is 4.01. The van der Waals surface area contributed by atoms with E-state index in [4.69, 9.17) is 18.5 Å². The number of phosphoric acid groups is 1. The number of hydrogen-bond acceptors (Lipinski definition) is 8. The lowest BCUT2D eigenvalue weighted by atomic mass is 10.0. The van der Waals surface area contributed by atoms with Gasteiger partial charge in [-0.15, -0.1) is 0 Å². The highest BCUT2D eigenvalue weighted by molar-refractivity contribution is 7.45. The molecule has 558 valence electrons. The van der Waals surface area contributed by atoms with Crippen LogP contribution < -0.4 is 4.89 Å². The van der Waals surface area contributed by atoms with Gasteiger partial charge >= 0.3 is 11.9 Å². The second kappa shape index (κ2) is 76.5. The largest absolute Gasteiger partial charge is 0.756 e. The Hall–Kier alpha value is -4.63. The van der Waals surface area contributed by atoms with E-state index in [-0.39, 0.29) is 32.0 Å². The lowest BCUT2D eigenvalue weighted by molar-refractivity contribution is -0.870. The first-order valence-corrected chi connectivity index (χ1v) is 41.3. The first kappa shape index (κ1) is 93.4. The average molecular weight is 1380 g/mol. The molecule has 0 bridgehead atoms. The van der Waals surface area contributed by atoms with E-state index < -0.39 is 26.5 Å². The van der Waals surface area contributed by atoms with Crippen molar-refractivity contribution < 1.29 is 42.1 Å². The summed E-state index contributed by atoms with van der Waals surface area (Å²) in [5.41, 5.74) is 0. The first-order chi connectivity index (χ1) is 48.0. The van der Waals surface area contributed by atoms with E-state index in [9.17, 15) is 19.0 Å². The number of rotatable bonds is 72. The normalized spacial score (nSPS) is 14.0. The van der Waals surface area contributed by atoms with Crippen molar-refractivity contribution in [2.45, 2.75) is 328 Å². The van der Waals surface area contributed by atoms with Gasteiger partial charge in [-0.25, -0.2) is 0 Å². The molecule has 9 nitrogen and oxygen atoms in total. The molecular formula is C88H148NO8P. The van der Waals surface area contributed by atoms with Gasteiger partial charge in [0.2, 0.25) is 0 Å². The smallest absolute Gasteiger partial charge is 0.306 e. The van der Waals surface area contributed by atoms with E-state index in [1.54, 1.807) is 0 Å². The number of carbonyl (C=O) groups excluding carboxylic acids is 2. The molecule has 0 amide bonds. The minimum atomic E-state index is -4.66. The van der Waals surface area contributed by atoms with Crippen molar-refractivity contribution in [3.8, 4) is 0 Å². The Morgan fingerprint density at radius 1 is 0.316 bits per heavy atom. The quantitative estimate of drug-likeness (QED) is 0.0195. The molecular weight excluding hydrogens is 1230 g/mol. The molecule has 2 unspecified atom stereocenters. The topological polar surface area (TPSA) is 111 Å². The molecule has 0 aromatic heterocycles. The maximum atomic E-state index is 12.9. The van der Waals surface area contributed by atoms with Gasteiger partial charge in [-0.05, 0) is 128 Å². The zero-order valence-electron chi connectivity index (χ0n) is 63.7. The van der Waals surface area contributed by atoms with Crippen molar-refractivity contribution in [2.75, 3.05) is 47.5 Å². The maximum absolute atomic E-state index is 12.9. The lowest BCUT2D eigenvalue weighted by Gasteiger charge is -2.28. The van der Waals surface area contributed by atoms with Gasteiger partial charge in [0.25, 0.3) is 7.82 Å². The van der Waals surface area contributed by atoms with Gasteiger partial charge in [-0.1, -0.05) is 351 Å². The zero-order valence-corrected chi connectivity index (χ0v) is 64.6. The number of nitrogens with zero attached hydrogens (tertiary/aromatic N) is 1. The van der Waals surface area contributed by atoms with Gasteiger partial charge in [0.1, 0.15) is 19.8 Å². The Morgan fingerprint density at radius 2 is 0.551 bits per heavy atom. The molecule has 0 radical (unpaired) electrons. The summed E-state index contributed by atoms with van der Waals surface area (Å²) in [5, 5.41) is 0. The van der Waals surface area contributed by atoms with Crippen LogP contribution in [0.2, 0.25) is 0 Å². The van der Waals surface area contributed by atoms with Crippen LogP contribution in [0.5, 0.6) is 0 Å². The van der Waals surface area contributed by atoms with Gasteiger partial charge in [0.15, 0.2) is 6.10 Å². The van der Waals surface area contributed by atoms with E-state index >= 15 is 0 Å². The van der Waals surface area contributed by atoms with Crippen molar-refractivity contribution in [3.05, 3.63) is 170 Å². The van der Waals surface area contributed by atoms with Crippen molar-refractivity contribution in [2.24, 2.45) is 0 Å². The fourth-order valence-electron chi connectivity index (χ4n) is 10.7. The Bertz CT molecular complexity index is 2270. The Morgan fingerprint density at radius 3 is 0.816 bits per heavy atom. The number of phosphoric ester groups is 1. The zero-order chi connectivity index (χ0) is 71.1. The average Bonchev–Trinajstić information content (AvgIpc) is 1.08. The lowest BCUT2D eigenvalue weighted by Crippen LogP contribution is -2.37. The molecule has 0 aliphatic rings. The van der Waals surface area contributed by atoms with Crippen LogP contribution >= 0.6 is 7.82 Å². The summed E-state index contributed by atoms with van der Waals surface area (Å²) in [5.74, 6) is -0.836. The summed E-state index contributed by atoms with van der Waals surface area (Å²) in [6.07, 6.45) is 116. The summed E-state index contributed by atoms with van der Waals surface area (Å²) in [4.78, 5) is 38.2. The predicted octanol–water partition coefficient (Wildman–Crippen LogP) is 26.2. The molecule has 0 saturated carbocycles. The highest BCUT2D eigenvalue weighted by Crippen LogP contribution is 2.38. The van der Waals surface area contributed by atoms with Crippen LogP contribution in [-0.2, 0) is 32.7 Å². The molecule has 98 heavy (non-hydrogen) atoms. The third-order valence-electron chi connectivity index (χ3n) is 16.7. The van der Waals surface area contributed by atoms with Crippen LogP contribution in [0.15, 0.2) is 170 Å². The molecule has 0 aromatic carbocycles. The molecule has 0 aliphatic heterocycles. The monoisotopic (exact) mass is 1380 g/mol.